The Morgan fingerprint density at radius 2 is 1.88 bits per heavy atom. The predicted octanol–water partition coefficient (Wildman–Crippen LogP) is 1.32. The number of hydrogen-bond acceptors (Lipinski definition) is 0. The Bertz CT molecular complexity index is 90.6. The molecule has 0 saturated heterocycles. The summed E-state index contributed by atoms with van der Waals surface area (Å²) in [6, 6.07) is 0. The zero-order valence-corrected chi connectivity index (χ0v) is 5.61. The van der Waals surface area contributed by atoms with Gasteiger partial charge in [0.25, 0.3) is 0 Å². The van der Waals surface area contributed by atoms with E-state index in [1.165, 1.54) is 31.2 Å². The summed E-state index contributed by atoms with van der Waals surface area (Å²) >= 11 is 0. The normalized spacial score (nSPS) is 21.5. The molecule has 0 aliphatic heterocycles. The van der Waals surface area contributed by atoms with Gasteiger partial charge in [-0.25, -0.2) is 0 Å². The van der Waals surface area contributed by atoms with E-state index in [2.05, 4.69) is 14.4 Å². The summed E-state index contributed by atoms with van der Waals surface area (Å²) in [6.45, 7) is 3.94. The summed E-state index contributed by atoms with van der Waals surface area (Å²) in [5.74, 6) is 0.870. The van der Waals surface area contributed by atoms with Crippen LogP contribution >= 0.6 is 0 Å². The molecular weight excluding hydrogens is 94.9 g/mol. The van der Waals surface area contributed by atoms with E-state index in [0.717, 1.165) is 5.92 Å². The Labute approximate surface area is 52.4 Å². The molecule has 1 aliphatic carbocycles. The highest BCUT2D eigenvalue weighted by Gasteiger charge is 2.13. The molecule has 1 saturated carbocycles. The molecule has 0 unspecified atom stereocenters. The van der Waals surface area contributed by atoms with Crippen LogP contribution in [0.2, 0.25) is 0 Å². The topological polar surface area (TPSA) is 0 Å². The summed E-state index contributed by atoms with van der Waals surface area (Å²) in [5, 5.41) is 0. The van der Waals surface area contributed by atoms with Crippen molar-refractivity contribution in [2.75, 3.05) is 0 Å². The van der Waals surface area contributed by atoms with E-state index in [1.54, 1.807) is 0 Å². The first-order chi connectivity index (χ1) is 3.80. The lowest BCUT2D eigenvalue weighted by Gasteiger charge is -2.05. The maximum absolute atomic E-state index is 3.94. The zero-order valence-electron chi connectivity index (χ0n) is 5.61. The van der Waals surface area contributed by atoms with Gasteiger partial charge in [0, 0.05) is 0 Å². The van der Waals surface area contributed by atoms with Gasteiger partial charge in [-0.2, -0.15) is 0 Å². The highest BCUT2D eigenvalue weighted by atomic mass is 14.2. The molecule has 0 atom stereocenters. The fourth-order valence-corrected chi connectivity index (χ4v) is 1.42. The molecule has 0 radical (unpaired) electrons. The second-order valence-corrected chi connectivity index (χ2v) is 2.83. The van der Waals surface area contributed by atoms with E-state index in [4.69, 9.17) is 0 Å². The molecule has 44 valence electrons. The molecule has 0 aromatic rings. The van der Waals surface area contributed by atoms with E-state index < -0.39 is 0 Å². The number of hydrogen-bond donors (Lipinski definition) is 0. The molecule has 0 heterocycles. The van der Waals surface area contributed by atoms with Gasteiger partial charge < -0.3 is 0 Å². The van der Waals surface area contributed by atoms with Crippen molar-refractivity contribution in [1.29, 1.82) is 0 Å². The lowest BCUT2D eigenvalue weighted by Crippen LogP contribution is -1.95. The summed E-state index contributed by atoms with van der Waals surface area (Å²) in [4.78, 5) is 0. The summed E-state index contributed by atoms with van der Waals surface area (Å²) < 4.78 is 0. The average molecular weight is 108 g/mol. The van der Waals surface area contributed by atoms with E-state index in [0.29, 0.717) is 0 Å². The van der Waals surface area contributed by atoms with Crippen LogP contribution in [0.5, 0.6) is 0 Å². The molecule has 1 fully saturated rings. The van der Waals surface area contributed by atoms with Crippen LogP contribution < -0.4 is 0 Å². The molecule has 0 bridgehead atoms. The number of rotatable bonds is 1. The molecular formula is C7H13B. The SMILES string of the molecule is BC(=C)C1CCCC1. The minimum absolute atomic E-state index is 0.870. The summed E-state index contributed by atoms with van der Waals surface area (Å²) in [7, 11) is 2.15. The van der Waals surface area contributed by atoms with Crippen LogP contribution in [0.1, 0.15) is 25.7 Å². The maximum atomic E-state index is 3.94. The maximum Gasteiger partial charge on any atom is 0.133 e. The van der Waals surface area contributed by atoms with Gasteiger partial charge >= 0.3 is 0 Å². The van der Waals surface area contributed by atoms with Crippen LogP contribution in [-0.4, -0.2) is 7.85 Å². The zero-order chi connectivity index (χ0) is 5.98. The molecule has 1 rings (SSSR count). The first kappa shape index (κ1) is 5.93. The fraction of sp³-hybridized carbons (Fsp3) is 0.714. The molecule has 0 nitrogen and oxygen atoms in total. The van der Waals surface area contributed by atoms with Crippen molar-refractivity contribution in [3.8, 4) is 0 Å². The third-order valence-corrected chi connectivity index (χ3v) is 2.05. The smallest absolute Gasteiger partial charge is 0.114 e. The van der Waals surface area contributed by atoms with Crippen molar-refractivity contribution in [2.45, 2.75) is 25.7 Å². The minimum Gasteiger partial charge on any atom is -0.114 e. The van der Waals surface area contributed by atoms with Gasteiger partial charge in [0.1, 0.15) is 7.85 Å². The van der Waals surface area contributed by atoms with Crippen LogP contribution in [0.4, 0.5) is 0 Å². The molecule has 0 spiro atoms. The molecule has 8 heavy (non-hydrogen) atoms. The van der Waals surface area contributed by atoms with Crippen LogP contribution in [0.3, 0.4) is 0 Å². The van der Waals surface area contributed by atoms with Crippen molar-refractivity contribution >= 4 is 7.85 Å². The van der Waals surface area contributed by atoms with Crippen LogP contribution in [0.15, 0.2) is 12.1 Å². The largest absolute Gasteiger partial charge is 0.133 e. The Kier molecular flexibility index (Phi) is 1.77. The third-order valence-electron chi connectivity index (χ3n) is 2.05. The highest BCUT2D eigenvalue weighted by Crippen LogP contribution is 2.28. The first-order valence-corrected chi connectivity index (χ1v) is 3.46. The minimum atomic E-state index is 0.870. The van der Waals surface area contributed by atoms with E-state index in [-0.39, 0.29) is 0 Å². The van der Waals surface area contributed by atoms with Crippen LogP contribution in [-0.2, 0) is 0 Å². The van der Waals surface area contributed by atoms with Crippen LogP contribution in [0, 0.1) is 5.92 Å². The highest BCUT2D eigenvalue weighted by molar-refractivity contribution is 6.21. The van der Waals surface area contributed by atoms with Crippen LogP contribution in [0.25, 0.3) is 0 Å². The Morgan fingerprint density at radius 3 is 2.12 bits per heavy atom. The fourth-order valence-electron chi connectivity index (χ4n) is 1.42. The molecule has 0 aromatic carbocycles. The Hall–Kier alpha value is -0.195. The Balaban J connectivity index is 2.35. The van der Waals surface area contributed by atoms with Gasteiger partial charge in [0.15, 0.2) is 0 Å². The average Bonchev–Trinajstić information content (AvgIpc) is 2.12. The van der Waals surface area contributed by atoms with Gasteiger partial charge in [0.05, 0.1) is 0 Å². The molecule has 1 aliphatic rings. The number of allylic oxidation sites excluding steroid dienone is 1. The molecule has 1 heteroatoms. The lowest BCUT2D eigenvalue weighted by molar-refractivity contribution is 0.674. The quantitative estimate of drug-likeness (QED) is 0.444. The standard InChI is InChI=1S/C7H13B/c1-6(8)7-4-2-3-5-7/h7H,1-5,8H2. The van der Waals surface area contributed by atoms with Crippen molar-refractivity contribution in [1.82, 2.24) is 0 Å². The summed E-state index contributed by atoms with van der Waals surface area (Å²) in [5.41, 5.74) is 1.39. The van der Waals surface area contributed by atoms with Crippen molar-refractivity contribution in [2.24, 2.45) is 5.92 Å². The third kappa shape index (κ3) is 1.15. The Morgan fingerprint density at radius 1 is 1.38 bits per heavy atom. The van der Waals surface area contributed by atoms with Gasteiger partial charge in [-0.3, -0.25) is 0 Å². The molecule has 0 N–H and O–H groups in total. The predicted molar refractivity (Wildman–Crippen MR) is 39.6 cm³/mol. The first-order valence-electron chi connectivity index (χ1n) is 3.46. The van der Waals surface area contributed by atoms with Gasteiger partial charge in [-0.15, -0.1) is 12.1 Å². The van der Waals surface area contributed by atoms with Crippen molar-refractivity contribution < 1.29 is 0 Å². The van der Waals surface area contributed by atoms with Gasteiger partial charge in [0.2, 0.25) is 0 Å². The van der Waals surface area contributed by atoms with E-state index >= 15 is 0 Å². The molecule has 0 amide bonds. The summed E-state index contributed by atoms with van der Waals surface area (Å²) in [6.07, 6.45) is 5.65. The second-order valence-electron chi connectivity index (χ2n) is 2.83. The van der Waals surface area contributed by atoms with Crippen molar-refractivity contribution in [3.63, 3.8) is 0 Å². The van der Waals surface area contributed by atoms with Gasteiger partial charge in [-0.1, -0.05) is 12.8 Å². The molecule has 0 aromatic heterocycles. The second kappa shape index (κ2) is 2.39. The van der Waals surface area contributed by atoms with E-state index in [1.807, 2.05) is 0 Å². The monoisotopic (exact) mass is 108 g/mol. The lowest BCUT2D eigenvalue weighted by atomic mass is 9.84. The van der Waals surface area contributed by atoms with Crippen molar-refractivity contribution in [3.05, 3.63) is 12.1 Å². The van der Waals surface area contributed by atoms with Gasteiger partial charge in [-0.05, 0) is 18.8 Å². The van der Waals surface area contributed by atoms with E-state index in [9.17, 15) is 0 Å².